The number of rotatable bonds is 5. The number of carbonyl (C=O) groups excluding carboxylic acids is 1. The molecule has 1 atom stereocenters. The Morgan fingerprint density at radius 3 is 2.92 bits per heavy atom. The number of aryl methyl sites for hydroxylation is 1. The lowest BCUT2D eigenvalue weighted by atomic mass is 9.90. The van der Waals surface area contributed by atoms with Crippen LogP contribution < -0.4 is 16.0 Å². The van der Waals surface area contributed by atoms with Gasteiger partial charge < -0.3 is 20.7 Å². The number of hydrogen-bond acceptors (Lipinski definition) is 9. The number of nitrogens with one attached hydrogen (secondary N) is 1. The summed E-state index contributed by atoms with van der Waals surface area (Å²) in [6, 6.07) is 0. The predicted molar refractivity (Wildman–Crippen MR) is 102 cm³/mol. The Labute approximate surface area is 159 Å². The Kier molecular flexibility index (Phi) is 5.32. The SMILES string of the molecule is Nc1nnc(CCNC(=O)C2CCc3sc(N4CCOCC4)nc3C2)s1. The van der Waals surface area contributed by atoms with Gasteiger partial charge in [0.25, 0.3) is 0 Å². The number of morpholine rings is 1. The molecule has 2 aliphatic rings. The van der Waals surface area contributed by atoms with E-state index >= 15 is 0 Å². The minimum Gasteiger partial charge on any atom is -0.378 e. The lowest BCUT2D eigenvalue weighted by molar-refractivity contribution is -0.125. The number of nitrogens with two attached hydrogens (primary N) is 1. The Morgan fingerprint density at radius 1 is 1.31 bits per heavy atom. The summed E-state index contributed by atoms with van der Waals surface area (Å²) in [6.07, 6.45) is 3.21. The molecule has 0 radical (unpaired) electrons. The first-order chi connectivity index (χ1) is 12.7. The molecule has 2 aromatic heterocycles. The molecule has 4 rings (SSSR count). The van der Waals surface area contributed by atoms with Crippen LogP contribution in [0.25, 0.3) is 0 Å². The zero-order valence-electron chi connectivity index (χ0n) is 14.4. The van der Waals surface area contributed by atoms with Crippen molar-refractivity contribution in [2.24, 2.45) is 5.92 Å². The van der Waals surface area contributed by atoms with Crippen molar-refractivity contribution in [3.05, 3.63) is 15.6 Å². The maximum absolute atomic E-state index is 12.5. The number of amides is 1. The average Bonchev–Trinajstić information content (AvgIpc) is 3.27. The fourth-order valence-corrected chi connectivity index (χ4v) is 5.05. The van der Waals surface area contributed by atoms with Gasteiger partial charge in [-0.05, 0) is 12.8 Å². The predicted octanol–water partition coefficient (Wildman–Crippen LogP) is 0.877. The van der Waals surface area contributed by atoms with E-state index in [1.807, 2.05) is 0 Å². The Bertz CT molecular complexity index is 771. The van der Waals surface area contributed by atoms with Crippen molar-refractivity contribution in [2.75, 3.05) is 43.5 Å². The van der Waals surface area contributed by atoms with Crippen LogP contribution in [0.3, 0.4) is 0 Å². The Morgan fingerprint density at radius 2 is 2.15 bits per heavy atom. The van der Waals surface area contributed by atoms with Gasteiger partial charge in [-0.3, -0.25) is 4.79 Å². The number of hydrogen-bond donors (Lipinski definition) is 2. The molecule has 2 aromatic rings. The van der Waals surface area contributed by atoms with Crippen molar-refractivity contribution in [3.8, 4) is 0 Å². The third-order valence-corrected chi connectivity index (χ3v) is 6.73. The quantitative estimate of drug-likeness (QED) is 0.775. The van der Waals surface area contributed by atoms with Crippen LogP contribution in [0.2, 0.25) is 0 Å². The number of nitrogens with zero attached hydrogens (tertiary/aromatic N) is 4. The number of aromatic nitrogens is 3. The summed E-state index contributed by atoms with van der Waals surface area (Å²) in [5.74, 6) is 0.107. The Balaban J connectivity index is 1.31. The lowest BCUT2D eigenvalue weighted by Gasteiger charge is -2.26. The summed E-state index contributed by atoms with van der Waals surface area (Å²) >= 11 is 3.14. The maximum Gasteiger partial charge on any atom is 0.223 e. The van der Waals surface area contributed by atoms with Crippen LogP contribution in [0.5, 0.6) is 0 Å². The molecule has 0 aromatic carbocycles. The standard InChI is InChI=1S/C16H22N6O2S2/c17-15-21-20-13(26-15)3-4-18-14(23)10-1-2-12-11(9-10)19-16(25-12)22-5-7-24-8-6-22/h10H,1-9H2,(H2,17,21)(H,18,23). The monoisotopic (exact) mass is 394 g/mol. The molecule has 1 amide bonds. The van der Waals surface area contributed by atoms with Crippen molar-refractivity contribution in [2.45, 2.75) is 25.7 Å². The molecule has 1 fully saturated rings. The van der Waals surface area contributed by atoms with Crippen molar-refractivity contribution >= 4 is 38.8 Å². The first-order valence-corrected chi connectivity index (χ1v) is 10.5. The van der Waals surface area contributed by atoms with Crippen LogP contribution >= 0.6 is 22.7 Å². The first-order valence-electron chi connectivity index (χ1n) is 8.86. The van der Waals surface area contributed by atoms with E-state index in [1.54, 1.807) is 11.3 Å². The van der Waals surface area contributed by atoms with E-state index in [4.69, 9.17) is 15.5 Å². The van der Waals surface area contributed by atoms with Crippen molar-refractivity contribution in [1.82, 2.24) is 20.5 Å². The number of nitrogen functional groups attached to an aromatic ring is 1. The molecule has 1 unspecified atom stereocenters. The highest BCUT2D eigenvalue weighted by Crippen LogP contribution is 2.34. The van der Waals surface area contributed by atoms with Gasteiger partial charge in [-0.1, -0.05) is 11.3 Å². The molecule has 8 nitrogen and oxygen atoms in total. The minimum atomic E-state index is 0.00151. The minimum absolute atomic E-state index is 0.00151. The molecule has 140 valence electrons. The van der Waals surface area contributed by atoms with E-state index in [2.05, 4.69) is 20.4 Å². The van der Waals surface area contributed by atoms with Crippen LogP contribution in [-0.4, -0.2) is 53.9 Å². The molecule has 3 N–H and O–H groups in total. The van der Waals surface area contributed by atoms with Gasteiger partial charge in [0.15, 0.2) is 5.13 Å². The van der Waals surface area contributed by atoms with E-state index < -0.39 is 0 Å². The van der Waals surface area contributed by atoms with Gasteiger partial charge in [0.05, 0.1) is 18.9 Å². The molecule has 1 aliphatic carbocycles. The van der Waals surface area contributed by atoms with E-state index in [0.29, 0.717) is 18.1 Å². The second-order valence-electron chi connectivity index (χ2n) is 6.48. The van der Waals surface area contributed by atoms with Gasteiger partial charge in [0, 0.05) is 43.3 Å². The topological polar surface area (TPSA) is 106 Å². The normalized spacial score (nSPS) is 20.0. The molecule has 3 heterocycles. The zero-order chi connectivity index (χ0) is 17.9. The highest BCUT2D eigenvalue weighted by Gasteiger charge is 2.28. The largest absolute Gasteiger partial charge is 0.378 e. The summed E-state index contributed by atoms with van der Waals surface area (Å²) in [5.41, 5.74) is 6.67. The van der Waals surface area contributed by atoms with E-state index in [1.165, 1.54) is 16.2 Å². The molecule has 1 saturated heterocycles. The van der Waals surface area contributed by atoms with Gasteiger partial charge >= 0.3 is 0 Å². The number of thiazole rings is 1. The number of anilines is 2. The summed E-state index contributed by atoms with van der Waals surface area (Å²) in [5, 5.41) is 13.2. The van der Waals surface area contributed by atoms with E-state index in [0.717, 1.165) is 61.4 Å². The van der Waals surface area contributed by atoms with Crippen LogP contribution in [-0.2, 0) is 28.8 Å². The fraction of sp³-hybridized carbons (Fsp3) is 0.625. The lowest BCUT2D eigenvalue weighted by Crippen LogP contribution is -2.36. The summed E-state index contributed by atoms with van der Waals surface area (Å²) in [7, 11) is 0. The number of ether oxygens (including phenoxy) is 1. The zero-order valence-corrected chi connectivity index (χ0v) is 16.1. The second kappa shape index (κ2) is 7.85. The second-order valence-corrected chi connectivity index (χ2v) is 8.64. The van der Waals surface area contributed by atoms with Crippen LogP contribution in [0.4, 0.5) is 10.3 Å². The van der Waals surface area contributed by atoms with Crippen molar-refractivity contribution in [3.63, 3.8) is 0 Å². The molecular weight excluding hydrogens is 372 g/mol. The number of fused-ring (bicyclic) bond motifs is 1. The highest BCUT2D eigenvalue weighted by atomic mass is 32.1. The van der Waals surface area contributed by atoms with Crippen LogP contribution in [0.15, 0.2) is 0 Å². The third-order valence-electron chi connectivity index (χ3n) is 4.70. The van der Waals surface area contributed by atoms with Gasteiger partial charge in [-0.25, -0.2) is 4.98 Å². The summed E-state index contributed by atoms with van der Waals surface area (Å²) in [6.45, 7) is 3.87. The van der Waals surface area contributed by atoms with Gasteiger partial charge in [-0.15, -0.1) is 21.5 Å². The molecule has 10 heteroatoms. The Hall–Kier alpha value is -1.78. The fourth-order valence-electron chi connectivity index (χ4n) is 3.28. The molecule has 0 spiro atoms. The molecule has 0 saturated carbocycles. The van der Waals surface area contributed by atoms with E-state index in [9.17, 15) is 4.79 Å². The molecule has 0 bridgehead atoms. The molecular formula is C16H22N6O2S2. The summed E-state index contributed by atoms with van der Waals surface area (Å²) in [4.78, 5) is 20.9. The number of carbonyl (C=O) groups is 1. The summed E-state index contributed by atoms with van der Waals surface area (Å²) < 4.78 is 5.41. The highest BCUT2D eigenvalue weighted by molar-refractivity contribution is 7.15. The van der Waals surface area contributed by atoms with Crippen molar-refractivity contribution < 1.29 is 9.53 Å². The van der Waals surface area contributed by atoms with Crippen LogP contribution in [0.1, 0.15) is 22.0 Å². The molecule has 26 heavy (non-hydrogen) atoms. The van der Waals surface area contributed by atoms with Gasteiger partial charge in [0.1, 0.15) is 5.01 Å². The molecule has 1 aliphatic heterocycles. The smallest absolute Gasteiger partial charge is 0.223 e. The van der Waals surface area contributed by atoms with Crippen LogP contribution in [0, 0.1) is 5.92 Å². The average molecular weight is 395 g/mol. The van der Waals surface area contributed by atoms with Gasteiger partial charge in [0.2, 0.25) is 11.0 Å². The van der Waals surface area contributed by atoms with Crippen molar-refractivity contribution in [1.29, 1.82) is 0 Å². The van der Waals surface area contributed by atoms with E-state index in [-0.39, 0.29) is 11.8 Å². The third kappa shape index (κ3) is 3.97. The van der Waals surface area contributed by atoms with Gasteiger partial charge in [-0.2, -0.15) is 0 Å². The first kappa shape index (κ1) is 17.6. The maximum atomic E-state index is 12.5.